The first-order chi connectivity index (χ1) is 6.99. The van der Waals surface area contributed by atoms with Crippen molar-refractivity contribution in [2.24, 2.45) is 5.73 Å². The van der Waals surface area contributed by atoms with E-state index in [1.54, 1.807) is 5.38 Å². The summed E-state index contributed by atoms with van der Waals surface area (Å²) in [7, 11) is 0. The van der Waals surface area contributed by atoms with Crippen molar-refractivity contribution in [2.75, 3.05) is 5.75 Å². The molecule has 6 nitrogen and oxygen atoms in total. The minimum Gasteiger partial charge on any atom is -0.480 e. The van der Waals surface area contributed by atoms with Crippen LogP contribution in [0.2, 0.25) is 0 Å². The van der Waals surface area contributed by atoms with Crippen LogP contribution in [-0.2, 0) is 4.79 Å². The Morgan fingerprint density at radius 1 is 1.60 bits per heavy atom. The molecule has 0 amide bonds. The van der Waals surface area contributed by atoms with Gasteiger partial charge in [-0.3, -0.25) is 4.79 Å². The second-order valence-electron chi connectivity index (χ2n) is 2.27. The average Bonchev–Trinajstić information content (AvgIpc) is 2.70. The lowest BCUT2D eigenvalue weighted by molar-refractivity contribution is -0.137. The van der Waals surface area contributed by atoms with Gasteiger partial charge in [0, 0.05) is 17.3 Å². The van der Waals surface area contributed by atoms with Crippen LogP contribution in [0.5, 0.6) is 0 Å². The van der Waals surface area contributed by atoms with Gasteiger partial charge in [0.15, 0.2) is 0 Å². The third-order valence-corrected chi connectivity index (χ3v) is 2.28. The van der Waals surface area contributed by atoms with Crippen LogP contribution >= 0.6 is 24.0 Å². The molecule has 0 radical (unpaired) electrons. The average molecular weight is 250 g/mol. The molecule has 8 heteroatoms. The van der Waals surface area contributed by atoms with Gasteiger partial charge in [0.1, 0.15) is 6.04 Å². The number of rotatable bonds is 3. The predicted octanol–water partition coefficient (Wildman–Crippen LogP) is 0.169. The topological polar surface area (TPSA) is 114 Å². The van der Waals surface area contributed by atoms with E-state index in [9.17, 15) is 9.59 Å². The monoisotopic (exact) mass is 250 g/mol. The van der Waals surface area contributed by atoms with Gasteiger partial charge in [-0.2, -0.15) is 12.6 Å². The van der Waals surface area contributed by atoms with Crippen molar-refractivity contribution in [2.45, 2.75) is 6.04 Å². The van der Waals surface area contributed by atoms with Crippen molar-refractivity contribution in [1.29, 1.82) is 0 Å². The van der Waals surface area contributed by atoms with Crippen molar-refractivity contribution < 1.29 is 19.8 Å². The maximum atomic E-state index is 10.0. The van der Waals surface area contributed by atoms with Crippen LogP contribution in [0.4, 0.5) is 0 Å². The highest BCUT2D eigenvalue weighted by Crippen LogP contribution is 2.01. The lowest BCUT2D eigenvalue weighted by Gasteiger charge is -1.96. The molecule has 1 aromatic heterocycles. The Kier molecular flexibility index (Phi) is 6.67. The van der Waals surface area contributed by atoms with Crippen LogP contribution in [0.1, 0.15) is 9.80 Å². The molecule has 84 valence electrons. The van der Waals surface area contributed by atoms with E-state index >= 15 is 0 Å². The van der Waals surface area contributed by atoms with Crippen molar-refractivity contribution in [3.63, 3.8) is 0 Å². The molecule has 0 fully saturated rings. The highest BCUT2D eigenvalue weighted by atomic mass is 32.1. The summed E-state index contributed by atoms with van der Waals surface area (Å²) >= 11 is 4.77. The number of hydrogen-bond donors (Lipinski definition) is 4. The van der Waals surface area contributed by atoms with Crippen LogP contribution in [0.25, 0.3) is 0 Å². The van der Waals surface area contributed by atoms with Gasteiger partial charge in [0.25, 0.3) is 0 Å². The number of carboxylic acids is 2. The minimum atomic E-state index is -1.00. The van der Waals surface area contributed by atoms with Gasteiger partial charge >= 0.3 is 11.9 Å². The van der Waals surface area contributed by atoms with E-state index in [0.717, 1.165) is 11.3 Å². The molecule has 0 saturated heterocycles. The molecule has 15 heavy (non-hydrogen) atoms. The normalized spacial score (nSPS) is 11.1. The molecular weight excluding hydrogens is 240 g/mol. The van der Waals surface area contributed by atoms with Crippen molar-refractivity contribution in [1.82, 2.24) is 4.98 Å². The molecule has 0 spiro atoms. The quantitative estimate of drug-likeness (QED) is 0.569. The fraction of sp³-hybridized carbons (Fsp3) is 0.286. The summed E-state index contributed by atoms with van der Waals surface area (Å²) < 4.78 is 0. The number of aromatic carboxylic acids is 1. The Balaban J connectivity index is 0.000000265. The maximum absolute atomic E-state index is 10.0. The molecule has 0 aliphatic carbocycles. The van der Waals surface area contributed by atoms with Crippen LogP contribution in [-0.4, -0.2) is 38.9 Å². The Bertz CT molecular complexity index is 315. The Morgan fingerprint density at radius 2 is 2.20 bits per heavy atom. The van der Waals surface area contributed by atoms with Crippen LogP contribution in [0, 0.1) is 0 Å². The van der Waals surface area contributed by atoms with Gasteiger partial charge < -0.3 is 15.9 Å². The number of hydrogen-bond acceptors (Lipinski definition) is 6. The zero-order valence-electron chi connectivity index (χ0n) is 7.53. The first kappa shape index (κ1) is 13.9. The number of carbonyl (C=O) groups is 2. The third-order valence-electron chi connectivity index (χ3n) is 1.13. The highest BCUT2D eigenvalue weighted by molar-refractivity contribution is 7.80. The van der Waals surface area contributed by atoms with Crippen LogP contribution < -0.4 is 5.73 Å². The highest BCUT2D eigenvalue weighted by Gasteiger charge is 2.06. The minimum absolute atomic E-state index is 0.144. The second kappa shape index (κ2) is 7.21. The number of nitrogens with two attached hydrogens (primary N) is 1. The summed E-state index contributed by atoms with van der Waals surface area (Å²) in [6.07, 6.45) is 1.47. The summed E-state index contributed by atoms with van der Waals surface area (Å²) in [4.78, 5) is 23.3. The first-order valence-electron chi connectivity index (χ1n) is 3.71. The molecular formula is C7H10N2O4S2. The second-order valence-corrected chi connectivity index (χ2v) is 3.53. The van der Waals surface area contributed by atoms with Crippen LogP contribution in [0.3, 0.4) is 0 Å². The molecule has 0 aromatic carbocycles. The summed E-state index contributed by atoms with van der Waals surface area (Å²) in [6, 6.07) is -0.816. The molecule has 1 atom stereocenters. The molecule has 0 aliphatic heterocycles. The molecule has 1 rings (SSSR count). The van der Waals surface area contributed by atoms with Crippen molar-refractivity contribution >= 4 is 35.9 Å². The standard InChI is InChI=1S/C4H3NO2S.C3H7NO2S/c6-4(7)3-5-1-2-8-3;4-2(1-7)3(5)6/h1-2H,(H,6,7);2,7H,1,4H2,(H,5,6). The van der Waals surface area contributed by atoms with Gasteiger partial charge in [-0.05, 0) is 0 Å². The summed E-state index contributed by atoms with van der Waals surface area (Å²) in [5.74, 6) is -1.77. The Hall–Kier alpha value is -1.12. The molecule has 1 unspecified atom stereocenters. The third kappa shape index (κ3) is 6.05. The van der Waals surface area contributed by atoms with E-state index in [1.807, 2.05) is 0 Å². The fourth-order valence-corrected chi connectivity index (χ4v) is 1.04. The Labute approximate surface area is 95.2 Å². The zero-order valence-corrected chi connectivity index (χ0v) is 9.24. The molecule has 4 N–H and O–H groups in total. The first-order valence-corrected chi connectivity index (χ1v) is 5.22. The van der Waals surface area contributed by atoms with E-state index in [1.165, 1.54) is 6.20 Å². The largest absolute Gasteiger partial charge is 0.480 e. The van der Waals surface area contributed by atoms with Gasteiger partial charge in [0.2, 0.25) is 5.01 Å². The van der Waals surface area contributed by atoms with Crippen LogP contribution in [0.15, 0.2) is 11.6 Å². The number of carboxylic acid groups (broad SMARTS) is 2. The lowest BCUT2D eigenvalue weighted by Crippen LogP contribution is -2.31. The molecule has 0 aliphatic rings. The van der Waals surface area contributed by atoms with E-state index < -0.39 is 18.0 Å². The summed E-state index contributed by atoms with van der Waals surface area (Å²) in [5, 5.41) is 18.0. The lowest BCUT2D eigenvalue weighted by atomic mass is 10.4. The summed E-state index contributed by atoms with van der Waals surface area (Å²) in [5.41, 5.74) is 4.94. The molecule has 0 saturated carbocycles. The molecule has 0 bridgehead atoms. The number of thiol groups is 1. The smallest absolute Gasteiger partial charge is 0.364 e. The zero-order chi connectivity index (χ0) is 11.8. The maximum Gasteiger partial charge on any atom is 0.364 e. The van der Waals surface area contributed by atoms with E-state index in [4.69, 9.17) is 15.9 Å². The van der Waals surface area contributed by atoms with Gasteiger partial charge in [-0.25, -0.2) is 9.78 Å². The van der Waals surface area contributed by atoms with E-state index in [-0.39, 0.29) is 10.8 Å². The number of aromatic nitrogens is 1. The van der Waals surface area contributed by atoms with E-state index in [0.29, 0.717) is 0 Å². The van der Waals surface area contributed by atoms with Gasteiger partial charge in [-0.1, -0.05) is 0 Å². The molecule has 1 heterocycles. The van der Waals surface area contributed by atoms with Crippen molar-refractivity contribution in [3.05, 3.63) is 16.6 Å². The summed E-state index contributed by atoms with van der Waals surface area (Å²) in [6.45, 7) is 0. The SMILES string of the molecule is NC(CS)C(=O)O.O=C(O)c1nccs1. The Morgan fingerprint density at radius 3 is 2.33 bits per heavy atom. The number of aliphatic carboxylic acids is 1. The predicted molar refractivity (Wildman–Crippen MR) is 58.5 cm³/mol. The van der Waals surface area contributed by atoms with Crippen molar-refractivity contribution in [3.8, 4) is 0 Å². The number of nitrogens with zero attached hydrogens (tertiary/aromatic N) is 1. The number of thiazole rings is 1. The van der Waals surface area contributed by atoms with E-state index in [2.05, 4.69) is 17.6 Å². The van der Waals surface area contributed by atoms with Gasteiger partial charge in [-0.15, -0.1) is 11.3 Å². The fourth-order valence-electron chi connectivity index (χ4n) is 0.407. The van der Waals surface area contributed by atoms with Gasteiger partial charge in [0.05, 0.1) is 0 Å². The molecule has 1 aromatic rings.